The lowest BCUT2D eigenvalue weighted by Crippen LogP contribution is -2.32. The summed E-state index contributed by atoms with van der Waals surface area (Å²) in [5.74, 6) is 1.09. The van der Waals surface area contributed by atoms with Crippen molar-refractivity contribution >= 4 is 23.2 Å². The van der Waals surface area contributed by atoms with E-state index in [0.717, 1.165) is 64.4 Å². The van der Waals surface area contributed by atoms with E-state index in [1.54, 1.807) is 13.4 Å². The minimum absolute atomic E-state index is 0.233. The summed E-state index contributed by atoms with van der Waals surface area (Å²) in [6.07, 6.45) is 14.1. The van der Waals surface area contributed by atoms with Gasteiger partial charge in [0.1, 0.15) is 11.4 Å². The number of aryl methyl sites for hydroxylation is 1. The van der Waals surface area contributed by atoms with E-state index in [-0.39, 0.29) is 12.1 Å². The van der Waals surface area contributed by atoms with Gasteiger partial charge >= 0.3 is 0 Å². The highest BCUT2D eigenvalue weighted by Gasteiger charge is 2.34. The molecule has 39 heavy (non-hydrogen) atoms. The molecule has 2 aromatic heterocycles. The summed E-state index contributed by atoms with van der Waals surface area (Å²) in [5.41, 5.74) is 4.93. The predicted molar refractivity (Wildman–Crippen MR) is 154 cm³/mol. The lowest BCUT2D eigenvalue weighted by atomic mass is 9.87. The molecule has 6 rings (SSSR count). The second kappa shape index (κ2) is 11.0. The molecule has 200 valence electrons. The maximum Gasteiger partial charge on any atom is 0.143 e. The Bertz CT molecular complexity index is 1520. The molecule has 9 heteroatoms. The molecule has 0 saturated carbocycles. The molecule has 0 bridgehead atoms. The average Bonchev–Trinajstić information content (AvgIpc) is 3.72. The highest BCUT2D eigenvalue weighted by Crippen LogP contribution is 2.39. The standard InChI is InChI=1S/C30H30Cl2N6O/c1-20-16-37(19-33-20)28-12-7-23(15-29(28)39-2)27-18-38(35-34-27)26-13-14-36(17-26)30(21-3-8-24(31)9-4-21)22-5-10-25(32)11-6-22/h3-5,7-12,15-16,18-19,22,26,30H,6,13-14,17H2,1-2H3. The SMILES string of the molecule is COc1cc(-c2cn(C3CCN(C(c4ccc(Cl)cc4)C4C=CC(Cl)=CC4)C3)nn2)ccc1-n1cnc(C)c1. The van der Waals surface area contributed by atoms with Gasteiger partial charge in [-0.2, -0.15) is 0 Å². The van der Waals surface area contributed by atoms with Gasteiger partial charge in [0, 0.05) is 46.9 Å². The summed E-state index contributed by atoms with van der Waals surface area (Å²) in [7, 11) is 1.68. The summed E-state index contributed by atoms with van der Waals surface area (Å²) in [6, 6.07) is 14.8. The van der Waals surface area contributed by atoms with Gasteiger partial charge in [-0.05, 0) is 55.7 Å². The van der Waals surface area contributed by atoms with Crippen molar-refractivity contribution in [3.8, 4) is 22.7 Å². The van der Waals surface area contributed by atoms with Crippen LogP contribution >= 0.6 is 23.2 Å². The molecule has 1 fully saturated rings. The Hall–Kier alpha value is -3.39. The third-order valence-electron chi connectivity index (χ3n) is 7.64. The smallest absolute Gasteiger partial charge is 0.143 e. The molecule has 1 aliphatic heterocycles. The minimum atomic E-state index is 0.233. The van der Waals surface area contributed by atoms with Crippen LogP contribution in [0.25, 0.3) is 16.9 Å². The maximum atomic E-state index is 6.24. The van der Waals surface area contributed by atoms with Gasteiger partial charge in [-0.15, -0.1) is 5.10 Å². The number of rotatable bonds is 7. The number of benzene rings is 2. The largest absolute Gasteiger partial charge is 0.495 e. The molecule has 3 atom stereocenters. The highest BCUT2D eigenvalue weighted by atomic mass is 35.5. The summed E-state index contributed by atoms with van der Waals surface area (Å²) in [6.45, 7) is 3.83. The molecule has 2 aromatic carbocycles. The summed E-state index contributed by atoms with van der Waals surface area (Å²) < 4.78 is 9.67. The van der Waals surface area contributed by atoms with Gasteiger partial charge in [0.25, 0.3) is 0 Å². The fourth-order valence-electron chi connectivity index (χ4n) is 5.66. The number of hydrogen-bond acceptors (Lipinski definition) is 5. The molecule has 1 aliphatic carbocycles. The molecule has 0 N–H and O–H groups in total. The van der Waals surface area contributed by atoms with Crippen LogP contribution in [-0.4, -0.2) is 49.6 Å². The van der Waals surface area contributed by atoms with Crippen LogP contribution in [-0.2, 0) is 0 Å². The molecule has 0 spiro atoms. The Labute approximate surface area is 238 Å². The Morgan fingerprint density at radius 2 is 1.92 bits per heavy atom. The van der Waals surface area contributed by atoms with Crippen molar-refractivity contribution in [3.63, 3.8) is 0 Å². The second-order valence-electron chi connectivity index (χ2n) is 10.2. The Morgan fingerprint density at radius 1 is 1.08 bits per heavy atom. The fourth-order valence-corrected chi connectivity index (χ4v) is 5.95. The van der Waals surface area contributed by atoms with Gasteiger partial charge in [0.2, 0.25) is 0 Å². The van der Waals surface area contributed by atoms with E-state index in [1.807, 2.05) is 65.0 Å². The van der Waals surface area contributed by atoms with Crippen molar-refractivity contribution in [2.45, 2.75) is 31.8 Å². The number of imidazole rings is 1. The van der Waals surface area contributed by atoms with Crippen LogP contribution in [0.3, 0.4) is 0 Å². The first-order valence-corrected chi connectivity index (χ1v) is 13.9. The zero-order chi connectivity index (χ0) is 26.9. The number of methoxy groups -OCH3 is 1. The summed E-state index contributed by atoms with van der Waals surface area (Å²) in [4.78, 5) is 6.89. The molecule has 7 nitrogen and oxygen atoms in total. The molecule has 4 aromatic rings. The van der Waals surface area contributed by atoms with Crippen molar-refractivity contribution in [1.29, 1.82) is 0 Å². The Balaban J connectivity index is 1.22. The summed E-state index contributed by atoms with van der Waals surface area (Å²) in [5, 5.41) is 10.6. The highest BCUT2D eigenvalue weighted by molar-refractivity contribution is 6.31. The molecule has 2 aliphatic rings. The van der Waals surface area contributed by atoms with E-state index in [4.69, 9.17) is 27.9 Å². The first kappa shape index (κ1) is 25.9. The van der Waals surface area contributed by atoms with Gasteiger partial charge < -0.3 is 9.30 Å². The van der Waals surface area contributed by atoms with Crippen molar-refractivity contribution in [1.82, 2.24) is 29.4 Å². The molecular formula is C30H30Cl2N6O. The van der Waals surface area contributed by atoms with Crippen molar-refractivity contribution in [2.75, 3.05) is 20.2 Å². The van der Waals surface area contributed by atoms with E-state index in [2.05, 4.69) is 44.5 Å². The number of hydrogen-bond donors (Lipinski definition) is 0. The molecule has 0 amide bonds. The van der Waals surface area contributed by atoms with Gasteiger partial charge in [-0.3, -0.25) is 4.90 Å². The van der Waals surface area contributed by atoms with E-state index >= 15 is 0 Å². The fraction of sp³-hybridized carbons (Fsp3) is 0.300. The average molecular weight is 562 g/mol. The second-order valence-corrected chi connectivity index (χ2v) is 11.0. The molecular weight excluding hydrogens is 531 g/mol. The normalized spacial score (nSPS) is 20.3. The van der Waals surface area contributed by atoms with Crippen LogP contribution in [0.4, 0.5) is 0 Å². The zero-order valence-electron chi connectivity index (χ0n) is 21.9. The topological polar surface area (TPSA) is 61.0 Å². The van der Waals surface area contributed by atoms with Gasteiger partial charge in [-0.25, -0.2) is 9.67 Å². The quantitative estimate of drug-likeness (QED) is 0.249. The number of halogens is 2. The van der Waals surface area contributed by atoms with Gasteiger partial charge in [0.15, 0.2) is 0 Å². The molecule has 0 radical (unpaired) electrons. The zero-order valence-corrected chi connectivity index (χ0v) is 23.4. The van der Waals surface area contributed by atoms with Crippen molar-refractivity contribution in [3.05, 3.63) is 101 Å². The lowest BCUT2D eigenvalue weighted by molar-refractivity contribution is 0.190. The molecule has 1 saturated heterocycles. The molecule has 3 heterocycles. The number of nitrogens with zero attached hydrogens (tertiary/aromatic N) is 6. The van der Waals surface area contributed by atoms with Crippen LogP contribution in [0.15, 0.2) is 84.4 Å². The Morgan fingerprint density at radius 3 is 2.64 bits per heavy atom. The minimum Gasteiger partial charge on any atom is -0.495 e. The first-order valence-electron chi connectivity index (χ1n) is 13.1. The lowest BCUT2D eigenvalue weighted by Gasteiger charge is -2.34. The number of allylic oxidation sites excluding steroid dienone is 3. The van der Waals surface area contributed by atoms with Gasteiger partial charge in [-0.1, -0.05) is 58.8 Å². The van der Waals surface area contributed by atoms with Gasteiger partial charge in [0.05, 0.1) is 37.1 Å². The predicted octanol–water partition coefficient (Wildman–Crippen LogP) is 6.79. The molecule has 3 unspecified atom stereocenters. The number of likely N-dealkylation sites (tertiary alicyclic amines) is 1. The van der Waals surface area contributed by atoms with E-state index in [9.17, 15) is 0 Å². The van der Waals surface area contributed by atoms with Crippen LogP contribution < -0.4 is 4.74 Å². The van der Waals surface area contributed by atoms with Crippen LogP contribution in [0.1, 0.15) is 36.2 Å². The monoisotopic (exact) mass is 560 g/mol. The third-order valence-corrected chi connectivity index (χ3v) is 8.17. The third kappa shape index (κ3) is 5.39. The van der Waals surface area contributed by atoms with E-state index in [0.29, 0.717) is 5.92 Å². The first-order chi connectivity index (χ1) is 19.0. The van der Waals surface area contributed by atoms with Crippen molar-refractivity contribution < 1.29 is 4.74 Å². The van der Waals surface area contributed by atoms with Crippen LogP contribution in [0.2, 0.25) is 5.02 Å². The van der Waals surface area contributed by atoms with E-state index in [1.165, 1.54) is 5.56 Å². The van der Waals surface area contributed by atoms with E-state index < -0.39 is 0 Å². The number of ether oxygens (including phenoxy) is 1. The Kier molecular flexibility index (Phi) is 7.30. The van der Waals surface area contributed by atoms with Crippen LogP contribution in [0, 0.1) is 12.8 Å². The van der Waals surface area contributed by atoms with Crippen LogP contribution in [0.5, 0.6) is 5.75 Å². The van der Waals surface area contributed by atoms with Crippen molar-refractivity contribution in [2.24, 2.45) is 5.92 Å². The summed E-state index contributed by atoms with van der Waals surface area (Å²) >= 11 is 12.5. The maximum absolute atomic E-state index is 6.24. The number of aromatic nitrogens is 5.